The van der Waals surface area contributed by atoms with Crippen LogP contribution < -0.4 is 0 Å². The highest BCUT2D eigenvalue weighted by Gasteiger charge is 2.39. The van der Waals surface area contributed by atoms with E-state index in [2.05, 4.69) is 33.9 Å². The lowest BCUT2D eigenvalue weighted by Gasteiger charge is -2.39. The molecule has 0 radical (unpaired) electrons. The van der Waals surface area contributed by atoms with Crippen molar-refractivity contribution in [3.63, 3.8) is 0 Å². The number of rotatable bonds is 11. The molecular weight excluding hydrogens is 360 g/mol. The lowest BCUT2D eigenvalue weighted by atomic mass is 10.1. The van der Waals surface area contributed by atoms with Gasteiger partial charge >= 0.3 is 5.97 Å². The number of Topliss-reactive ketones (excluding diaryl/α,β-unsaturated/α-hetero) is 1. The minimum Gasteiger partial charge on any atom is -0.466 e. The maximum atomic E-state index is 12.3. The predicted molar refractivity (Wildman–Crippen MR) is 109 cm³/mol. The first-order chi connectivity index (χ1) is 12.5. The molecule has 1 aromatic rings. The van der Waals surface area contributed by atoms with Crippen LogP contribution in [-0.4, -0.2) is 39.4 Å². The van der Waals surface area contributed by atoms with Crippen LogP contribution in [0.5, 0.6) is 0 Å². The zero-order valence-corrected chi connectivity index (χ0v) is 18.5. The molecule has 0 amide bonds. The van der Waals surface area contributed by atoms with Crippen LogP contribution in [0.2, 0.25) is 18.1 Å². The summed E-state index contributed by atoms with van der Waals surface area (Å²) in [4.78, 5) is 23.9. The van der Waals surface area contributed by atoms with E-state index in [1.165, 1.54) is 0 Å². The largest absolute Gasteiger partial charge is 0.466 e. The third-order valence-electron chi connectivity index (χ3n) is 4.78. The Hall–Kier alpha value is -1.50. The summed E-state index contributed by atoms with van der Waals surface area (Å²) in [6, 6.07) is 9.88. The van der Waals surface area contributed by atoms with E-state index in [0.717, 1.165) is 5.56 Å². The average Bonchev–Trinajstić information content (AvgIpc) is 2.54. The molecule has 0 aromatic heterocycles. The van der Waals surface area contributed by atoms with E-state index in [1.54, 1.807) is 6.92 Å². The van der Waals surface area contributed by atoms with Crippen LogP contribution in [0.3, 0.4) is 0 Å². The molecule has 27 heavy (non-hydrogen) atoms. The van der Waals surface area contributed by atoms with Crippen LogP contribution in [0.15, 0.2) is 30.3 Å². The van der Waals surface area contributed by atoms with Crippen LogP contribution in [0.4, 0.5) is 0 Å². The van der Waals surface area contributed by atoms with Gasteiger partial charge in [-0.15, -0.1) is 0 Å². The quantitative estimate of drug-likeness (QED) is 0.314. The Balaban J connectivity index is 2.70. The van der Waals surface area contributed by atoms with Gasteiger partial charge in [0.15, 0.2) is 8.32 Å². The van der Waals surface area contributed by atoms with Gasteiger partial charge in [-0.2, -0.15) is 0 Å². The Bertz CT molecular complexity index is 592. The summed E-state index contributed by atoms with van der Waals surface area (Å²) >= 11 is 0. The van der Waals surface area contributed by atoms with Gasteiger partial charge in [0, 0.05) is 6.42 Å². The van der Waals surface area contributed by atoms with E-state index in [1.807, 2.05) is 30.3 Å². The van der Waals surface area contributed by atoms with Crippen molar-refractivity contribution in [2.24, 2.45) is 0 Å². The Morgan fingerprint density at radius 3 is 2.30 bits per heavy atom. The summed E-state index contributed by atoms with van der Waals surface area (Å²) < 4.78 is 17.1. The minimum absolute atomic E-state index is 0.0227. The van der Waals surface area contributed by atoms with E-state index in [9.17, 15) is 9.59 Å². The second-order valence-electron chi connectivity index (χ2n) is 8.23. The van der Waals surface area contributed by atoms with E-state index in [4.69, 9.17) is 13.9 Å². The first-order valence-corrected chi connectivity index (χ1v) is 12.4. The molecule has 0 aliphatic rings. The second kappa shape index (κ2) is 10.7. The topological polar surface area (TPSA) is 61.8 Å². The number of hydrogen-bond donors (Lipinski definition) is 0. The molecule has 152 valence electrons. The van der Waals surface area contributed by atoms with Gasteiger partial charge in [0.05, 0.1) is 25.9 Å². The van der Waals surface area contributed by atoms with Crippen LogP contribution in [0.1, 0.15) is 46.1 Å². The minimum atomic E-state index is -2.07. The lowest BCUT2D eigenvalue weighted by Crippen LogP contribution is -2.45. The van der Waals surface area contributed by atoms with Crippen molar-refractivity contribution in [3.8, 4) is 0 Å². The molecule has 0 heterocycles. The fraction of sp³-hybridized carbons (Fsp3) is 0.619. The smallest absolute Gasteiger partial charge is 0.313 e. The van der Waals surface area contributed by atoms with Crippen LogP contribution in [0, 0.1) is 0 Å². The maximum absolute atomic E-state index is 12.3. The molecule has 1 unspecified atom stereocenters. The number of benzene rings is 1. The van der Waals surface area contributed by atoms with Gasteiger partial charge in [-0.1, -0.05) is 51.1 Å². The zero-order valence-electron chi connectivity index (χ0n) is 17.5. The Labute approximate surface area is 164 Å². The van der Waals surface area contributed by atoms with Gasteiger partial charge in [0.2, 0.25) is 0 Å². The molecule has 0 bridgehead atoms. The van der Waals surface area contributed by atoms with Gasteiger partial charge in [-0.25, -0.2) is 0 Å². The van der Waals surface area contributed by atoms with Gasteiger partial charge in [-0.05, 0) is 30.6 Å². The molecule has 1 aromatic carbocycles. The maximum Gasteiger partial charge on any atom is 0.313 e. The Morgan fingerprint density at radius 1 is 1.11 bits per heavy atom. The standard InChI is InChI=1S/C21H34O5Si/c1-7-25-20(23)14-18(22)13-19(26-27(5,6)21(2,3)4)16-24-15-17-11-9-8-10-12-17/h8-12,19H,7,13-16H2,1-6H3. The van der Waals surface area contributed by atoms with Gasteiger partial charge in [0.1, 0.15) is 12.2 Å². The predicted octanol–water partition coefficient (Wildman–Crippen LogP) is 4.51. The van der Waals surface area contributed by atoms with Crippen molar-refractivity contribution < 1.29 is 23.5 Å². The Morgan fingerprint density at radius 2 is 1.74 bits per heavy atom. The number of carbonyl (C=O) groups excluding carboxylic acids is 2. The summed E-state index contributed by atoms with van der Waals surface area (Å²) in [5.41, 5.74) is 1.07. The highest BCUT2D eigenvalue weighted by atomic mass is 28.4. The molecule has 0 fully saturated rings. The lowest BCUT2D eigenvalue weighted by molar-refractivity contribution is -0.145. The van der Waals surface area contributed by atoms with Crippen molar-refractivity contribution in [2.45, 2.75) is 71.4 Å². The van der Waals surface area contributed by atoms with E-state index >= 15 is 0 Å². The summed E-state index contributed by atoms with van der Waals surface area (Å²) in [5, 5.41) is 0.0227. The first kappa shape index (κ1) is 23.5. The number of carbonyl (C=O) groups is 2. The fourth-order valence-electron chi connectivity index (χ4n) is 2.31. The van der Waals surface area contributed by atoms with Crippen molar-refractivity contribution in [2.75, 3.05) is 13.2 Å². The molecule has 0 aliphatic heterocycles. The molecule has 0 aliphatic carbocycles. The van der Waals surface area contributed by atoms with E-state index < -0.39 is 14.3 Å². The second-order valence-corrected chi connectivity index (χ2v) is 13.0. The molecule has 0 saturated heterocycles. The van der Waals surface area contributed by atoms with Gasteiger partial charge in [-0.3, -0.25) is 9.59 Å². The van der Waals surface area contributed by atoms with Crippen molar-refractivity contribution >= 4 is 20.1 Å². The van der Waals surface area contributed by atoms with Crippen LogP contribution in [-0.2, 0) is 30.1 Å². The fourth-order valence-corrected chi connectivity index (χ4v) is 3.65. The summed E-state index contributed by atoms with van der Waals surface area (Å²) in [7, 11) is -2.07. The average molecular weight is 395 g/mol. The molecule has 0 N–H and O–H groups in total. The third kappa shape index (κ3) is 8.82. The SMILES string of the molecule is CCOC(=O)CC(=O)CC(COCc1ccccc1)O[Si](C)(C)C(C)(C)C. The molecular formula is C21H34O5Si. The van der Waals surface area contributed by atoms with Crippen molar-refractivity contribution in [1.29, 1.82) is 0 Å². The van der Waals surface area contributed by atoms with E-state index in [-0.39, 0.29) is 36.4 Å². The number of ketones is 1. The van der Waals surface area contributed by atoms with E-state index in [0.29, 0.717) is 13.2 Å². The van der Waals surface area contributed by atoms with Crippen molar-refractivity contribution in [3.05, 3.63) is 35.9 Å². The molecule has 1 rings (SSSR count). The normalized spacial score (nSPS) is 13.3. The summed E-state index contributed by atoms with van der Waals surface area (Å²) in [6.45, 7) is 13.5. The molecule has 0 saturated carbocycles. The summed E-state index contributed by atoms with van der Waals surface area (Å²) in [5.74, 6) is -0.667. The number of esters is 1. The molecule has 1 atom stereocenters. The highest BCUT2D eigenvalue weighted by Crippen LogP contribution is 2.37. The molecule has 0 spiro atoms. The van der Waals surface area contributed by atoms with Crippen LogP contribution >= 0.6 is 0 Å². The first-order valence-electron chi connectivity index (χ1n) is 9.52. The van der Waals surface area contributed by atoms with Crippen molar-refractivity contribution in [1.82, 2.24) is 0 Å². The number of ether oxygens (including phenoxy) is 2. The molecule has 6 heteroatoms. The highest BCUT2D eigenvalue weighted by molar-refractivity contribution is 6.74. The Kier molecular flexibility index (Phi) is 9.36. The molecule has 5 nitrogen and oxygen atoms in total. The third-order valence-corrected chi connectivity index (χ3v) is 9.32. The monoisotopic (exact) mass is 394 g/mol. The zero-order chi connectivity index (χ0) is 20.5. The van der Waals surface area contributed by atoms with Crippen LogP contribution in [0.25, 0.3) is 0 Å². The number of hydrogen-bond acceptors (Lipinski definition) is 5. The van der Waals surface area contributed by atoms with Gasteiger partial charge in [0.25, 0.3) is 0 Å². The van der Waals surface area contributed by atoms with Gasteiger partial charge < -0.3 is 13.9 Å². The summed E-state index contributed by atoms with van der Waals surface area (Å²) in [6.07, 6.45) is -0.430.